The highest BCUT2D eigenvalue weighted by Gasteiger charge is 2.39. The van der Waals surface area contributed by atoms with Gasteiger partial charge in [0.1, 0.15) is 0 Å². The third kappa shape index (κ3) is 4.96. The van der Waals surface area contributed by atoms with Gasteiger partial charge < -0.3 is 5.32 Å². The Labute approximate surface area is 202 Å². The Morgan fingerprint density at radius 3 is 2.47 bits per heavy atom. The number of nitrogens with zero attached hydrogens (tertiary/aromatic N) is 3. The van der Waals surface area contributed by atoms with Crippen molar-refractivity contribution in [1.82, 2.24) is 9.62 Å². The number of nitrogens with one attached hydrogen (secondary N) is 1. The van der Waals surface area contributed by atoms with Crippen molar-refractivity contribution in [3.05, 3.63) is 75.4 Å². The quantitative estimate of drug-likeness (QED) is 0.629. The average molecular weight is 531 g/mol. The van der Waals surface area contributed by atoms with Gasteiger partial charge in [-0.25, -0.2) is 18.4 Å². The van der Waals surface area contributed by atoms with Crippen molar-refractivity contribution in [3.63, 3.8) is 0 Å². The summed E-state index contributed by atoms with van der Waals surface area (Å²) in [6.07, 6.45) is -3.18. The van der Waals surface area contributed by atoms with Crippen LogP contribution in [-0.2, 0) is 16.2 Å². The molecule has 0 saturated carbocycles. The fourth-order valence-corrected chi connectivity index (χ4v) is 5.50. The molecule has 2 heterocycles. The Morgan fingerprint density at radius 1 is 1.12 bits per heavy atom. The molecule has 1 amide bonds. The molecule has 178 valence electrons. The molecule has 2 aromatic rings. The first-order chi connectivity index (χ1) is 15.9. The number of alkyl halides is 3. The Kier molecular flexibility index (Phi) is 6.45. The third-order valence-corrected chi connectivity index (χ3v) is 7.24. The molecule has 0 aliphatic carbocycles. The van der Waals surface area contributed by atoms with Gasteiger partial charge in [-0.15, -0.1) is 0 Å². The number of hydrogen-bond acceptors (Lipinski definition) is 5. The number of carbonyl (C=O) groups excluding carboxylic acids is 1. The molecule has 1 unspecified atom stereocenters. The fourth-order valence-electron chi connectivity index (χ4n) is 3.43. The van der Waals surface area contributed by atoms with Crippen molar-refractivity contribution in [3.8, 4) is 0 Å². The normalized spacial score (nSPS) is 18.1. The van der Waals surface area contributed by atoms with Crippen LogP contribution in [-0.4, -0.2) is 43.4 Å². The maximum absolute atomic E-state index is 13.3. The zero-order valence-corrected chi connectivity index (χ0v) is 19.4. The molecular weight excluding hydrogens is 516 g/mol. The zero-order valence-electron chi connectivity index (χ0n) is 17.1. The molecule has 1 atom stereocenters. The van der Waals surface area contributed by atoms with Gasteiger partial charge in [0.05, 0.1) is 16.2 Å². The predicted octanol–water partition coefficient (Wildman–Crippen LogP) is 4.53. The van der Waals surface area contributed by atoms with Crippen molar-refractivity contribution >= 4 is 51.1 Å². The van der Waals surface area contributed by atoms with Crippen LogP contribution in [0, 0.1) is 0 Å². The number of hydrogen-bond donors (Lipinski definition) is 1. The number of halogens is 5. The van der Waals surface area contributed by atoms with Crippen molar-refractivity contribution in [1.29, 1.82) is 0 Å². The first-order valence-electron chi connectivity index (χ1n) is 9.72. The molecule has 34 heavy (non-hydrogen) atoms. The number of rotatable bonds is 4. The molecule has 0 bridgehead atoms. The standard InChI is InChI=1S/C21H15Cl2F3N4O3S/c22-14-7-12(8-15(23)9-14)19(31)29-20-27-10-13-11-30(6-5-17(13)28-20)34(32,33)18-4-2-1-3-16(18)21(24,25)26/h1-4,7-11,20H,5-6H2,(H,29,31). The van der Waals surface area contributed by atoms with Crippen molar-refractivity contribution < 1.29 is 26.4 Å². The first-order valence-corrected chi connectivity index (χ1v) is 11.9. The van der Waals surface area contributed by atoms with Crippen LogP contribution >= 0.6 is 23.2 Å². The zero-order chi connectivity index (χ0) is 24.7. The van der Waals surface area contributed by atoms with E-state index in [9.17, 15) is 26.4 Å². The lowest BCUT2D eigenvalue weighted by Crippen LogP contribution is -2.39. The van der Waals surface area contributed by atoms with Gasteiger partial charge in [-0.1, -0.05) is 35.3 Å². The predicted molar refractivity (Wildman–Crippen MR) is 122 cm³/mol. The summed E-state index contributed by atoms with van der Waals surface area (Å²) in [5.74, 6) is -0.521. The molecule has 0 saturated heterocycles. The lowest BCUT2D eigenvalue weighted by atomic mass is 10.1. The van der Waals surface area contributed by atoms with Gasteiger partial charge in [-0.2, -0.15) is 13.2 Å². The molecule has 1 N–H and O–H groups in total. The van der Waals surface area contributed by atoms with Crippen molar-refractivity contribution in [2.75, 3.05) is 6.54 Å². The molecule has 4 rings (SSSR count). The summed E-state index contributed by atoms with van der Waals surface area (Å²) in [4.78, 5) is 20.0. The largest absolute Gasteiger partial charge is 0.417 e. The summed E-state index contributed by atoms with van der Waals surface area (Å²) >= 11 is 11.8. The first kappa shape index (κ1) is 24.2. The summed E-state index contributed by atoms with van der Waals surface area (Å²) in [5, 5.41) is 3.15. The lowest BCUT2D eigenvalue weighted by molar-refractivity contribution is -0.139. The van der Waals surface area contributed by atoms with E-state index < -0.39 is 38.9 Å². The average Bonchev–Trinajstić information content (AvgIpc) is 2.77. The summed E-state index contributed by atoms with van der Waals surface area (Å²) in [6.45, 7) is -0.130. The SMILES string of the molecule is O=C(NC1N=CC2=CN(S(=O)(=O)c3ccccc3C(F)(F)F)CCC2=N1)c1cc(Cl)cc(Cl)c1. The van der Waals surface area contributed by atoms with Crippen LogP contribution in [0.4, 0.5) is 13.2 Å². The van der Waals surface area contributed by atoms with Crippen LogP contribution < -0.4 is 5.32 Å². The number of fused-ring (bicyclic) bond motifs is 1. The summed E-state index contributed by atoms with van der Waals surface area (Å²) < 4.78 is 66.8. The van der Waals surface area contributed by atoms with Gasteiger partial charge in [0.2, 0.25) is 6.29 Å². The number of amides is 1. The fraction of sp³-hybridized carbons (Fsp3) is 0.190. The highest BCUT2D eigenvalue weighted by molar-refractivity contribution is 7.89. The van der Waals surface area contributed by atoms with E-state index in [1.807, 2.05) is 0 Å². The van der Waals surface area contributed by atoms with E-state index in [-0.39, 0.29) is 28.6 Å². The van der Waals surface area contributed by atoms with Crippen LogP contribution in [0.1, 0.15) is 22.3 Å². The summed E-state index contributed by atoms with van der Waals surface area (Å²) in [5.41, 5.74) is -0.261. The Bertz CT molecular complexity index is 1340. The van der Waals surface area contributed by atoms with Crippen LogP contribution in [0.3, 0.4) is 0 Å². The Balaban J connectivity index is 1.55. The van der Waals surface area contributed by atoms with E-state index in [2.05, 4.69) is 15.3 Å². The molecule has 0 aromatic heterocycles. The van der Waals surface area contributed by atoms with Crippen LogP contribution in [0.2, 0.25) is 10.0 Å². The second kappa shape index (κ2) is 9.05. The minimum absolute atomic E-state index is 0.112. The molecule has 2 aromatic carbocycles. The monoisotopic (exact) mass is 530 g/mol. The summed E-state index contributed by atoms with van der Waals surface area (Å²) in [6, 6.07) is 8.33. The van der Waals surface area contributed by atoms with E-state index >= 15 is 0 Å². The summed E-state index contributed by atoms with van der Waals surface area (Å²) in [7, 11) is -4.48. The number of aliphatic imine (C=N–C) groups is 2. The smallest absolute Gasteiger partial charge is 0.312 e. The van der Waals surface area contributed by atoms with E-state index in [0.29, 0.717) is 11.3 Å². The molecule has 0 spiro atoms. The maximum atomic E-state index is 13.3. The van der Waals surface area contributed by atoms with E-state index in [0.717, 1.165) is 22.5 Å². The molecule has 2 aliphatic heterocycles. The molecule has 2 aliphatic rings. The second-order valence-corrected chi connectivity index (χ2v) is 10.0. The van der Waals surface area contributed by atoms with Gasteiger partial charge in [0.15, 0.2) is 0 Å². The van der Waals surface area contributed by atoms with Gasteiger partial charge in [0.25, 0.3) is 15.9 Å². The minimum atomic E-state index is -4.83. The third-order valence-electron chi connectivity index (χ3n) is 4.98. The van der Waals surface area contributed by atoms with Gasteiger partial charge in [-0.3, -0.25) is 9.10 Å². The van der Waals surface area contributed by atoms with Crippen LogP contribution in [0.25, 0.3) is 0 Å². The van der Waals surface area contributed by atoms with Gasteiger partial charge in [0, 0.05) is 46.6 Å². The number of sulfonamides is 1. The van der Waals surface area contributed by atoms with E-state index in [1.165, 1.54) is 36.7 Å². The Hall–Kier alpha value is -2.89. The number of allylic oxidation sites excluding steroid dienone is 1. The van der Waals surface area contributed by atoms with Crippen LogP contribution in [0.15, 0.2) is 69.1 Å². The second-order valence-electron chi connectivity index (χ2n) is 7.30. The number of benzene rings is 2. The topological polar surface area (TPSA) is 91.2 Å². The van der Waals surface area contributed by atoms with Crippen molar-refractivity contribution in [2.24, 2.45) is 9.98 Å². The Morgan fingerprint density at radius 2 is 1.79 bits per heavy atom. The molecule has 13 heteroatoms. The lowest BCUT2D eigenvalue weighted by Gasteiger charge is -2.29. The molecular formula is C21H15Cl2F3N4O3S. The van der Waals surface area contributed by atoms with Crippen molar-refractivity contribution in [2.45, 2.75) is 23.8 Å². The van der Waals surface area contributed by atoms with Gasteiger partial charge >= 0.3 is 6.18 Å². The molecule has 0 radical (unpaired) electrons. The molecule has 7 nitrogen and oxygen atoms in total. The number of carbonyl (C=O) groups is 1. The minimum Gasteiger partial charge on any atom is -0.312 e. The van der Waals surface area contributed by atoms with Crippen LogP contribution in [0.5, 0.6) is 0 Å². The van der Waals surface area contributed by atoms with Gasteiger partial charge in [-0.05, 0) is 30.3 Å². The maximum Gasteiger partial charge on any atom is 0.417 e. The van der Waals surface area contributed by atoms with E-state index in [4.69, 9.17) is 23.2 Å². The highest BCUT2D eigenvalue weighted by Crippen LogP contribution is 2.36. The van der Waals surface area contributed by atoms with E-state index in [1.54, 1.807) is 0 Å². The highest BCUT2D eigenvalue weighted by atomic mass is 35.5. The molecule has 0 fully saturated rings.